The SMILES string of the molecule is Cn1nc(C(N)Cc2cc(F)ccc2Br)c2ccccc21. The molecule has 3 nitrogen and oxygen atoms in total. The molecule has 0 fully saturated rings. The molecule has 21 heavy (non-hydrogen) atoms. The Bertz CT molecular complexity index is 797. The van der Waals surface area contributed by atoms with Crippen molar-refractivity contribution in [1.82, 2.24) is 9.78 Å². The summed E-state index contributed by atoms with van der Waals surface area (Å²) in [5.74, 6) is -0.258. The maximum Gasteiger partial charge on any atom is 0.123 e. The Balaban J connectivity index is 1.97. The lowest BCUT2D eigenvalue weighted by molar-refractivity contribution is 0.618. The van der Waals surface area contributed by atoms with Gasteiger partial charge in [-0.05, 0) is 36.2 Å². The lowest BCUT2D eigenvalue weighted by Gasteiger charge is -2.11. The van der Waals surface area contributed by atoms with Crippen molar-refractivity contribution in [1.29, 1.82) is 0 Å². The number of hydrogen-bond acceptors (Lipinski definition) is 2. The number of aromatic nitrogens is 2. The number of rotatable bonds is 3. The second-order valence-corrected chi connectivity index (χ2v) is 5.93. The molecule has 1 atom stereocenters. The van der Waals surface area contributed by atoms with Gasteiger partial charge in [0.1, 0.15) is 5.82 Å². The molecule has 0 aliphatic carbocycles. The first kappa shape index (κ1) is 14.2. The van der Waals surface area contributed by atoms with Crippen LogP contribution in [0.4, 0.5) is 4.39 Å². The van der Waals surface area contributed by atoms with Crippen LogP contribution < -0.4 is 5.73 Å². The summed E-state index contributed by atoms with van der Waals surface area (Å²) < 4.78 is 16.1. The Morgan fingerprint density at radius 3 is 2.86 bits per heavy atom. The number of para-hydroxylation sites is 1. The van der Waals surface area contributed by atoms with E-state index in [9.17, 15) is 4.39 Å². The number of fused-ring (bicyclic) bond motifs is 1. The molecule has 2 N–H and O–H groups in total. The Hall–Kier alpha value is -1.72. The van der Waals surface area contributed by atoms with Crippen LogP contribution in [-0.4, -0.2) is 9.78 Å². The molecule has 0 radical (unpaired) electrons. The predicted octanol–water partition coefficient (Wildman–Crippen LogP) is 3.72. The zero-order chi connectivity index (χ0) is 15.0. The van der Waals surface area contributed by atoms with Gasteiger partial charge in [-0.3, -0.25) is 4.68 Å². The number of benzene rings is 2. The number of nitrogens with two attached hydrogens (primary N) is 1. The van der Waals surface area contributed by atoms with Crippen molar-refractivity contribution in [2.24, 2.45) is 12.8 Å². The Labute approximate surface area is 130 Å². The van der Waals surface area contributed by atoms with Crippen molar-refractivity contribution in [3.8, 4) is 0 Å². The molecule has 0 aliphatic heterocycles. The predicted molar refractivity (Wildman–Crippen MR) is 85.4 cm³/mol. The molecule has 2 aromatic carbocycles. The molecule has 108 valence electrons. The van der Waals surface area contributed by atoms with Crippen LogP contribution in [0, 0.1) is 5.82 Å². The van der Waals surface area contributed by atoms with Crippen LogP contribution in [0.15, 0.2) is 46.9 Å². The zero-order valence-corrected chi connectivity index (χ0v) is 13.1. The molecule has 0 bridgehead atoms. The maximum absolute atomic E-state index is 13.4. The summed E-state index contributed by atoms with van der Waals surface area (Å²) in [4.78, 5) is 0. The number of nitrogens with zero attached hydrogens (tertiary/aromatic N) is 2. The number of aryl methyl sites for hydroxylation is 1. The van der Waals surface area contributed by atoms with Crippen LogP contribution in [-0.2, 0) is 13.5 Å². The first-order valence-corrected chi connectivity index (χ1v) is 7.46. The summed E-state index contributed by atoms with van der Waals surface area (Å²) >= 11 is 3.44. The van der Waals surface area contributed by atoms with E-state index in [2.05, 4.69) is 21.0 Å². The Kier molecular flexibility index (Phi) is 3.78. The van der Waals surface area contributed by atoms with Crippen LogP contribution in [0.5, 0.6) is 0 Å². The van der Waals surface area contributed by atoms with Crippen LogP contribution in [0.1, 0.15) is 17.3 Å². The topological polar surface area (TPSA) is 43.8 Å². The fraction of sp³-hybridized carbons (Fsp3) is 0.188. The molecule has 1 heterocycles. The molecular formula is C16H15BrFN3. The van der Waals surface area contributed by atoms with E-state index in [-0.39, 0.29) is 11.9 Å². The van der Waals surface area contributed by atoms with Gasteiger partial charge in [-0.15, -0.1) is 0 Å². The molecule has 3 aromatic rings. The van der Waals surface area contributed by atoms with E-state index < -0.39 is 0 Å². The van der Waals surface area contributed by atoms with Crippen molar-refractivity contribution >= 4 is 26.8 Å². The highest BCUT2D eigenvalue weighted by atomic mass is 79.9. The summed E-state index contributed by atoms with van der Waals surface area (Å²) in [6.45, 7) is 0. The molecule has 1 aromatic heterocycles. The van der Waals surface area contributed by atoms with Gasteiger partial charge >= 0.3 is 0 Å². The summed E-state index contributed by atoms with van der Waals surface area (Å²) in [6, 6.07) is 12.3. The third kappa shape index (κ3) is 2.71. The van der Waals surface area contributed by atoms with Crippen LogP contribution in [0.25, 0.3) is 10.9 Å². The standard InChI is InChI=1S/C16H15BrFN3/c1-21-15-5-3-2-4-12(15)16(20-21)14(19)9-10-8-11(18)6-7-13(10)17/h2-8,14H,9,19H2,1H3. The van der Waals surface area contributed by atoms with Gasteiger partial charge in [-0.25, -0.2) is 4.39 Å². The first-order valence-electron chi connectivity index (χ1n) is 6.67. The van der Waals surface area contributed by atoms with Crippen molar-refractivity contribution in [3.05, 3.63) is 64.0 Å². The molecule has 0 saturated heterocycles. The summed E-state index contributed by atoms with van der Waals surface area (Å²) in [5, 5.41) is 5.56. The van der Waals surface area contributed by atoms with E-state index in [0.29, 0.717) is 6.42 Å². The fourth-order valence-electron chi connectivity index (χ4n) is 2.55. The van der Waals surface area contributed by atoms with Gasteiger partial charge in [0.25, 0.3) is 0 Å². The van der Waals surface area contributed by atoms with Gasteiger partial charge in [-0.1, -0.05) is 34.1 Å². The largest absolute Gasteiger partial charge is 0.322 e. The average Bonchev–Trinajstić information content (AvgIpc) is 2.81. The van der Waals surface area contributed by atoms with Gasteiger partial charge in [0.05, 0.1) is 17.3 Å². The molecule has 0 amide bonds. The first-order chi connectivity index (χ1) is 10.1. The summed E-state index contributed by atoms with van der Waals surface area (Å²) in [6.07, 6.45) is 0.527. The molecule has 3 rings (SSSR count). The third-order valence-electron chi connectivity index (χ3n) is 3.59. The highest BCUT2D eigenvalue weighted by Crippen LogP contribution is 2.27. The second kappa shape index (κ2) is 5.58. The Morgan fingerprint density at radius 1 is 1.29 bits per heavy atom. The van der Waals surface area contributed by atoms with Gasteiger partial charge < -0.3 is 5.73 Å². The number of hydrogen-bond donors (Lipinski definition) is 1. The maximum atomic E-state index is 13.4. The molecule has 5 heteroatoms. The third-order valence-corrected chi connectivity index (χ3v) is 4.36. The highest BCUT2D eigenvalue weighted by molar-refractivity contribution is 9.10. The second-order valence-electron chi connectivity index (χ2n) is 5.07. The minimum Gasteiger partial charge on any atom is -0.322 e. The summed E-state index contributed by atoms with van der Waals surface area (Å²) in [7, 11) is 1.90. The average molecular weight is 348 g/mol. The smallest absolute Gasteiger partial charge is 0.123 e. The van der Waals surface area contributed by atoms with Crippen LogP contribution >= 0.6 is 15.9 Å². The quantitative estimate of drug-likeness (QED) is 0.784. The zero-order valence-electron chi connectivity index (χ0n) is 11.6. The highest BCUT2D eigenvalue weighted by Gasteiger charge is 2.17. The normalized spacial score (nSPS) is 12.8. The van der Waals surface area contributed by atoms with E-state index in [1.54, 1.807) is 6.07 Å². The minimum atomic E-state index is -0.283. The van der Waals surface area contributed by atoms with Gasteiger partial charge in [0, 0.05) is 16.9 Å². The van der Waals surface area contributed by atoms with Crippen molar-refractivity contribution in [3.63, 3.8) is 0 Å². The molecule has 0 aliphatic rings. The van der Waals surface area contributed by atoms with Crippen LogP contribution in [0.3, 0.4) is 0 Å². The van der Waals surface area contributed by atoms with Gasteiger partial charge in [0.15, 0.2) is 0 Å². The lowest BCUT2D eigenvalue weighted by Crippen LogP contribution is -2.15. The summed E-state index contributed by atoms with van der Waals surface area (Å²) in [5.41, 5.74) is 9.03. The van der Waals surface area contributed by atoms with Crippen LogP contribution in [0.2, 0.25) is 0 Å². The van der Waals surface area contributed by atoms with Crippen molar-refractivity contribution in [2.45, 2.75) is 12.5 Å². The van der Waals surface area contributed by atoms with E-state index in [0.717, 1.165) is 26.6 Å². The minimum absolute atomic E-state index is 0.258. The van der Waals surface area contributed by atoms with E-state index in [1.165, 1.54) is 12.1 Å². The number of halogens is 2. The van der Waals surface area contributed by atoms with Gasteiger partial charge in [-0.2, -0.15) is 5.10 Å². The molecule has 0 spiro atoms. The van der Waals surface area contributed by atoms with E-state index in [4.69, 9.17) is 5.73 Å². The molecular weight excluding hydrogens is 333 g/mol. The van der Waals surface area contributed by atoms with E-state index >= 15 is 0 Å². The van der Waals surface area contributed by atoms with Crippen molar-refractivity contribution in [2.75, 3.05) is 0 Å². The monoisotopic (exact) mass is 347 g/mol. The van der Waals surface area contributed by atoms with Crippen molar-refractivity contribution < 1.29 is 4.39 Å². The molecule has 1 unspecified atom stereocenters. The Morgan fingerprint density at radius 2 is 2.05 bits per heavy atom. The fourth-order valence-corrected chi connectivity index (χ4v) is 2.96. The lowest BCUT2D eigenvalue weighted by atomic mass is 10.0. The molecule has 0 saturated carbocycles. The van der Waals surface area contributed by atoms with E-state index in [1.807, 2.05) is 36.0 Å². The van der Waals surface area contributed by atoms with Gasteiger partial charge in [0.2, 0.25) is 0 Å².